The van der Waals surface area contributed by atoms with Gasteiger partial charge >= 0.3 is 5.97 Å². The average molecular weight is 265 g/mol. The first kappa shape index (κ1) is 14.7. The van der Waals surface area contributed by atoms with Gasteiger partial charge in [-0.1, -0.05) is 0 Å². The largest absolute Gasteiger partial charge is 0.544 e. The molecule has 1 aromatic rings. The van der Waals surface area contributed by atoms with E-state index in [-0.39, 0.29) is 5.75 Å². The number of aromatic hydroxyl groups is 1. The number of phenolic OH excluding ortho intramolecular Hbond substituents is 1. The number of rotatable bonds is 5. The van der Waals surface area contributed by atoms with E-state index >= 15 is 0 Å². The number of hydrogen-bond donors (Lipinski definition) is 2. The van der Waals surface area contributed by atoms with Crippen LogP contribution < -0.4 is 10.4 Å². The Hall–Kier alpha value is -2.34. The molecule has 0 fully saturated rings. The molecule has 1 rings (SSSR count). The zero-order valence-electron chi connectivity index (χ0n) is 10.6. The number of carbonyl (C=O) groups excluding carboxylic acids is 2. The molecule has 0 bridgehead atoms. The van der Waals surface area contributed by atoms with Crippen LogP contribution in [-0.2, 0) is 14.3 Å². The highest BCUT2D eigenvalue weighted by molar-refractivity contribution is 5.82. The maximum atomic E-state index is 11.1. The molecule has 0 saturated heterocycles. The summed E-state index contributed by atoms with van der Waals surface area (Å²) in [6, 6.07) is 4.74. The monoisotopic (exact) mass is 265 g/mol. The fourth-order valence-electron chi connectivity index (χ4n) is 1.54. The summed E-state index contributed by atoms with van der Waals surface area (Å²) in [6.45, 7) is 1.59. The van der Waals surface area contributed by atoms with Crippen molar-refractivity contribution >= 4 is 11.9 Å². The number of esters is 1. The first-order valence-electron chi connectivity index (χ1n) is 5.55. The number of aliphatic carboxylic acids is 1. The molecule has 1 aromatic carbocycles. The molecular weight excluding hydrogens is 250 g/mol. The number of hydrogen-bond acceptors (Lipinski definition) is 5. The minimum Gasteiger partial charge on any atom is -0.544 e. The summed E-state index contributed by atoms with van der Waals surface area (Å²) in [4.78, 5) is 22.2. The number of benzene rings is 1. The Bertz CT molecular complexity index is 492. The van der Waals surface area contributed by atoms with Gasteiger partial charge in [-0.15, -0.1) is 0 Å². The van der Waals surface area contributed by atoms with Crippen LogP contribution in [0.2, 0.25) is 0 Å². The number of nitrogens with two attached hydrogens (primary N) is 1. The lowest BCUT2D eigenvalue weighted by molar-refractivity contribution is -0.644. The van der Waals surface area contributed by atoms with E-state index in [1.165, 1.54) is 42.8 Å². The van der Waals surface area contributed by atoms with Gasteiger partial charge in [-0.05, 0) is 24.3 Å². The molecule has 19 heavy (non-hydrogen) atoms. The van der Waals surface area contributed by atoms with Gasteiger partial charge in [0.25, 0.3) is 0 Å². The number of ether oxygens (including phenoxy) is 1. The molecule has 0 aliphatic rings. The van der Waals surface area contributed by atoms with E-state index in [9.17, 15) is 14.7 Å². The molecule has 3 N–H and O–H groups in total. The summed E-state index contributed by atoms with van der Waals surface area (Å²) in [5.74, 6) is -1.80. The first-order chi connectivity index (χ1) is 8.93. The normalized spacial score (nSPS) is 12.8. The van der Waals surface area contributed by atoms with Gasteiger partial charge in [-0.3, -0.25) is 0 Å². The summed E-state index contributed by atoms with van der Waals surface area (Å²) in [7, 11) is 1.24. The summed E-state index contributed by atoms with van der Waals surface area (Å²) >= 11 is 0. The SMILES string of the molecule is COC(=O)/C=C(\C)[NH2+][C@H](C(=O)[O-])c1ccc(O)cc1. The Morgan fingerprint density at radius 3 is 2.42 bits per heavy atom. The molecule has 6 nitrogen and oxygen atoms in total. The highest BCUT2D eigenvalue weighted by atomic mass is 16.5. The van der Waals surface area contributed by atoms with Crippen molar-refractivity contribution in [1.82, 2.24) is 0 Å². The lowest BCUT2D eigenvalue weighted by Gasteiger charge is -2.16. The predicted molar refractivity (Wildman–Crippen MR) is 63.6 cm³/mol. The van der Waals surface area contributed by atoms with Crippen LogP contribution in [0.5, 0.6) is 5.75 Å². The van der Waals surface area contributed by atoms with Crippen molar-refractivity contribution in [3.8, 4) is 5.75 Å². The number of quaternary nitrogens is 1. The fraction of sp³-hybridized carbons (Fsp3) is 0.231. The smallest absolute Gasteiger partial charge is 0.336 e. The predicted octanol–water partition coefficient (Wildman–Crippen LogP) is -1.18. The molecule has 0 aliphatic heterocycles. The third kappa shape index (κ3) is 4.44. The van der Waals surface area contributed by atoms with Crippen LogP contribution in [0.25, 0.3) is 0 Å². The lowest BCUT2D eigenvalue weighted by atomic mass is 10.1. The Morgan fingerprint density at radius 2 is 1.95 bits per heavy atom. The van der Waals surface area contributed by atoms with Gasteiger partial charge in [0, 0.05) is 12.5 Å². The maximum Gasteiger partial charge on any atom is 0.336 e. The Balaban J connectivity index is 2.91. The minimum absolute atomic E-state index is 0.0441. The second kappa shape index (κ2) is 6.55. The van der Waals surface area contributed by atoms with Gasteiger partial charge in [0.05, 0.1) is 13.2 Å². The minimum atomic E-state index is -1.29. The second-order valence-electron chi connectivity index (χ2n) is 3.97. The molecular formula is C13H15NO5. The summed E-state index contributed by atoms with van der Waals surface area (Å²) in [6.07, 6.45) is 1.19. The number of carbonyl (C=O) groups is 2. The van der Waals surface area contributed by atoms with Crippen LogP contribution in [0, 0.1) is 0 Å². The number of carboxylic acid groups (broad SMARTS) is 1. The lowest BCUT2D eigenvalue weighted by Crippen LogP contribution is -2.85. The molecule has 0 heterocycles. The molecule has 0 unspecified atom stereocenters. The number of carboxylic acids is 1. The number of methoxy groups -OCH3 is 1. The van der Waals surface area contributed by atoms with Gasteiger partial charge in [0.1, 0.15) is 17.4 Å². The van der Waals surface area contributed by atoms with Crippen LogP contribution in [-0.4, -0.2) is 24.2 Å². The van der Waals surface area contributed by atoms with Crippen LogP contribution in [0.4, 0.5) is 0 Å². The zero-order chi connectivity index (χ0) is 14.4. The fourth-order valence-corrected chi connectivity index (χ4v) is 1.54. The van der Waals surface area contributed by atoms with Crippen molar-refractivity contribution in [2.24, 2.45) is 0 Å². The first-order valence-corrected chi connectivity index (χ1v) is 5.55. The Labute approximate surface area is 110 Å². The quantitative estimate of drug-likeness (QED) is 0.515. The molecule has 0 amide bonds. The topological polar surface area (TPSA) is 103 Å². The Morgan fingerprint density at radius 1 is 1.37 bits per heavy atom. The average Bonchev–Trinajstić information content (AvgIpc) is 2.36. The molecule has 0 radical (unpaired) electrons. The second-order valence-corrected chi connectivity index (χ2v) is 3.97. The van der Waals surface area contributed by atoms with Gasteiger partial charge in [-0.2, -0.15) is 0 Å². The van der Waals surface area contributed by atoms with Gasteiger partial charge in [0.2, 0.25) is 0 Å². The van der Waals surface area contributed by atoms with Crippen LogP contribution in [0.1, 0.15) is 18.5 Å². The maximum absolute atomic E-state index is 11.1. The van der Waals surface area contributed by atoms with Crippen molar-refractivity contribution < 1.29 is 29.9 Å². The van der Waals surface area contributed by atoms with Crippen molar-refractivity contribution in [3.63, 3.8) is 0 Å². The molecule has 0 saturated carbocycles. The molecule has 0 aliphatic carbocycles. The van der Waals surface area contributed by atoms with Crippen LogP contribution in [0.3, 0.4) is 0 Å². The van der Waals surface area contributed by atoms with Gasteiger partial charge in [-0.25, -0.2) is 4.79 Å². The number of phenols is 1. The van der Waals surface area contributed by atoms with E-state index in [0.29, 0.717) is 11.3 Å². The molecule has 1 atom stereocenters. The summed E-state index contributed by atoms with van der Waals surface area (Å²) < 4.78 is 4.45. The highest BCUT2D eigenvalue weighted by Gasteiger charge is 2.17. The van der Waals surface area contributed by atoms with E-state index in [1.807, 2.05) is 0 Å². The van der Waals surface area contributed by atoms with E-state index in [4.69, 9.17) is 5.11 Å². The molecule has 102 valence electrons. The third-order valence-corrected chi connectivity index (χ3v) is 2.48. The molecule has 0 spiro atoms. The van der Waals surface area contributed by atoms with Crippen molar-refractivity contribution in [3.05, 3.63) is 41.6 Å². The van der Waals surface area contributed by atoms with E-state index < -0.39 is 18.0 Å². The van der Waals surface area contributed by atoms with E-state index in [0.717, 1.165) is 0 Å². The van der Waals surface area contributed by atoms with Gasteiger partial charge < -0.3 is 25.1 Å². The highest BCUT2D eigenvalue weighted by Crippen LogP contribution is 2.14. The third-order valence-electron chi connectivity index (χ3n) is 2.48. The van der Waals surface area contributed by atoms with Crippen LogP contribution >= 0.6 is 0 Å². The van der Waals surface area contributed by atoms with E-state index in [1.54, 1.807) is 6.92 Å². The van der Waals surface area contributed by atoms with Crippen molar-refractivity contribution in [2.75, 3.05) is 7.11 Å². The van der Waals surface area contributed by atoms with Crippen molar-refractivity contribution in [1.29, 1.82) is 0 Å². The summed E-state index contributed by atoms with van der Waals surface area (Å²) in [5, 5.41) is 21.7. The Kier molecular flexibility index (Phi) is 5.08. The number of allylic oxidation sites excluding steroid dienone is 1. The molecule has 0 aromatic heterocycles. The molecule has 6 heteroatoms. The standard InChI is InChI=1S/C13H15NO5/c1-8(7-11(16)19-2)14-12(13(17)18)9-3-5-10(15)6-4-9/h3-7,12,14-15H,1-2H3,(H,17,18)/b8-7+/t12-/m0/s1. The summed E-state index contributed by atoms with van der Waals surface area (Å²) in [5.41, 5.74) is 0.907. The van der Waals surface area contributed by atoms with E-state index in [2.05, 4.69) is 4.74 Å². The van der Waals surface area contributed by atoms with Crippen molar-refractivity contribution in [2.45, 2.75) is 13.0 Å². The van der Waals surface area contributed by atoms with Gasteiger partial charge in [0.15, 0.2) is 6.04 Å². The van der Waals surface area contributed by atoms with Crippen LogP contribution in [0.15, 0.2) is 36.0 Å². The zero-order valence-corrected chi connectivity index (χ0v) is 10.6.